The van der Waals surface area contributed by atoms with Crippen LogP contribution < -0.4 is 0 Å². The SMILES string of the molecule is CC(C)=CCCC(C)(OC1OC(COC2OCC(O)C(O)C2O)C(O)C(O)C1O)C1CCC2(C)C1C(O)CC1C3(CO)CCC(OC4OC(CO)C(O)C(O)C4OC4OC(CO)C(O)C(O)C4O)C(C)(C)C3CCC12C. The Kier molecular flexibility index (Phi) is 18.6. The maximum atomic E-state index is 12.8. The van der Waals surface area contributed by atoms with Crippen LogP contribution in [-0.2, 0) is 37.9 Å². The lowest BCUT2D eigenvalue weighted by atomic mass is 9.34. The van der Waals surface area contributed by atoms with Gasteiger partial charge >= 0.3 is 0 Å². The smallest absolute Gasteiger partial charge is 0.187 e. The fourth-order valence-corrected chi connectivity index (χ4v) is 16.0. The summed E-state index contributed by atoms with van der Waals surface area (Å²) in [6, 6.07) is 0. The molecule has 23 heteroatoms. The van der Waals surface area contributed by atoms with Crippen molar-refractivity contribution in [1.29, 1.82) is 0 Å². The number of aliphatic hydroxyl groups is 15. The first kappa shape index (κ1) is 60.9. The molecule has 0 aromatic carbocycles. The molecule has 4 aliphatic heterocycles. The molecule has 0 aromatic heterocycles. The molecule has 0 radical (unpaired) electrons. The Morgan fingerprint density at radius 3 is 1.80 bits per heavy atom. The van der Waals surface area contributed by atoms with E-state index in [0.717, 1.165) is 5.57 Å². The second-order valence-corrected chi connectivity index (χ2v) is 25.2. The highest BCUT2D eigenvalue weighted by Crippen LogP contribution is 2.76. The van der Waals surface area contributed by atoms with Gasteiger partial charge in [-0.05, 0) is 118 Å². The largest absolute Gasteiger partial charge is 0.396 e. The maximum Gasteiger partial charge on any atom is 0.187 e. The lowest BCUT2D eigenvalue weighted by molar-refractivity contribution is -0.379. The summed E-state index contributed by atoms with van der Waals surface area (Å²) >= 11 is 0. The van der Waals surface area contributed by atoms with Gasteiger partial charge in [-0.15, -0.1) is 0 Å². The number of ether oxygens (including phenoxy) is 8. The summed E-state index contributed by atoms with van der Waals surface area (Å²) in [7, 11) is 0. The van der Waals surface area contributed by atoms with E-state index in [1.54, 1.807) is 0 Å². The maximum absolute atomic E-state index is 12.8. The molecule has 29 atom stereocenters. The lowest BCUT2D eigenvalue weighted by Gasteiger charge is -2.71. The minimum atomic E-state index is -1.84. The van der Waals surface area contributed by atoms with Crippen LogP contribution in [0.15, 0.2) is 11.6 Å². The van der Waals surface area contributed by atoms with E-state index in [9.17, 15) is 76.6 Å². The van der Waals surface area contributed by atoms with E-state index in [4.69, 9.17) is 37.9 Å². The normalized spacial score (nSPS) is 52.2. The molecule has 0 amide bonds. The van der Waals surface area contributed by atoms with Crippen molar-refractivity contribution in [3.8, 4) is 0 Å². The average molecular weight is 1100 g/mol. The molecule has 4 heterocycles. The molecule has 0 spiro atoms. The Balaban J connectivity index is 1.02. The van der Waals surface area contributed by atoms with Crippen molar-refractivity contribution in [2.45, 2.75) is 241 Å². The summed E-state index contributed by atoms with van der Waals surface area (Å²) in [6.45, 7) is 12.1. The minimum Gasteiger partial charge on any atom is -0.396 e. The van der Waals surface area contributed by atoms with Crippen molar-refractivity contribution in [1.82, 2.24) is 0 Å². The van der Waals surface area contributed by atoms with Crippen LogP contribution in [0.2, 0.25) is 0 Å². The molecule has 29 unspecified atom stereocenters. The quantitative estimate of drug-likeness (QED) is 0.0557. The molecule has 440 valence electrons. The average Bonchev–Trinajstić information content (AvgIpc) is 3.96. The van der Waals surface area contributed by atoms with Gasteiger partial charge in [0.1, 0.15) is 91.6 Å². The van der Waals surface area contributed by atoms with Crippen LogP contribution in [0, 0.1) is 45.3 Å². The van der Waals surface area contributed by atoms with E-state index in [2.05, 4.69) is 19.9 Å². The van der Waals surface area contributed by atoms with Crippen LogP contribution in [-0.4, -0.2) is 244 Å². The Labute approximate surface area is 444 Å². The zero-order valence-corrected chi connectivity index (χ0v) is 44.9. The van der Waals surface area contributed by atoms with Gasteiger partial charge < -0.3 is 114 Å². The molecular weight excluding hydrogens is 1000 g/mol. The van der Waals surface area contributed by atoms with E-state index in [1.807, 2.05) is 34.6 Å². The number of hydrogen-bond acceptors (Lipinski definition) is 23. The first-order valence-corrected chi connectivity index (χ1v) is 27.5. The van der Waals surface area contributed by atoms with Gasteiger partial charge in [0.25, 0.3) is 0 Å². The highest BCUT2D eigenvalue weighted by atomic mass is 16.8. The van der Waals surface area contributed by atoms with E-state index < -0.39 is 176 Å². The zero-order chi connectivity index (χ0) is 55.8. The Morgan fingerprint density at radius 1 is 0.592 bits per heavy atom. The summed E-state index contributed by atoms with van der Waals surface area (Å²) in [5, 5.41) is 163. The molecule has 0 bridgehead atoms. The van der Waals surface area contributed by atoms with Gasteiger partial charge in [0, 0.05) is 12.0 Å². The number of hydrogen-bond donors (Lipinski definition) is 15. The highest BCUT2D eigenvalue weighted by molar-refractivity contribution is 5.21. The molecule has 8 fully saturated rings. The van der Waals surface area contributed by atoms with Crippen molar-refractivity contribution >= 4 is 0 Å². The van der Waals surface area contributed by atoms with Gasteiger partial charge in [-0.1, -0.05) is 39.3 Å². The summed E-state index contributed by atoms with van der Waals surface area (Å²) < 4.78 is 48.6. The Bertz CT molecular complexity index is 1960. The Hall–Kier alpha value is -1.18. The molecule has 23 nitrogen and oxygen atoms in total. The van der Waals surface area contributed by atoms with Crippen molar-refractivity contribution in [3.05, 3.63) is 11.6 Å². The van der Waals surface area contributed by atoms with E-state index in [-0.39, 0.29) is 36.9 Å². The lowest BCUT2D eigenvalue weighted by Crippen LogP contribution is -2.69. The van der Waals surface area contributed by atoms with Gasteiger partial charge in [0.05, 0.1) is 44.2 Å². The van der Waals surface area contributed by atoms with Crippen LogP contribution >= 0.6 is 0 Å². The van der Waals surface area contributed by atoms with Gasteiger partial charge in [0.15, 0.2) is 25.2 Å². The van der Waals surface area contributed by atoms with Gasteiger partial charge in [-0.25, -0.2) is 0 Å². The molecule has 76 heavy (non-hydrogen) atoms. The molecule has 4 saturated carbocycles. The summed E-state index contributed by atoms with van der Waals surface area (Å²) in [6.07, 6.45) is -24.4. The Morgan fingerprint density at radius 2 is 1.17 bits per heavy atom. The van der Waals surface area contributed by atoms with Crippen molar-refractivity contribution < 1.29 is 114 Å². The monoisotopic (exact) mass is 1090 g/mol. The summed E-state index contributed by atoms with van der Waals surface area (Å²) in [5.41, 5.74) is -2.38. The topological polar surface area (TPSA) is 377 Å². The first-order chi connectivity index (χ1) is 35.7. The molecule has 15 N–H and O–H groups in total. The zero-order valence-electron chi connectivity index (χ0n) is 44.9. The predicted molar refractivity (Wildman–Crippen MR) is 262 cm³/mol. The van der Waals surface area contributed by atoms with Gasteiger partial charge in [0.2, 0.25) is 0 Å². The van der Waals surface area contributed by atoms with Crippen molar-refractivity contribution in [2.75, 3.05) is 33.0 Å². The standard InChI is InChI=1S/C53H90O23/c1-23(2)9-8-13-52(7,76-47-43(68)39(64)37(62)29(73-47)21-70-45-41(66)34(59)26(58)20-69-45)24-10-14-51(6)33(24)25(57)17-31-50(51,5)15-11-30-49(3,4)32(12-16-53(30,31)22-56)74-48-44(40(65)36(61)28(19-55)72-48)75-46-42(67)38(63)35(60)27(18-54)71-46/h9,24-48,54-68H,8,10-22H2,1-7H3. The highest BCUT2D eigenvalue weighted by Gasteiger charge is 2.73. The van der Waals surface area contributed by atoms with Gasteiger partial charge in [-0.2, -0.15) is 0 Å². The van der Waals surface area contributed by atoms with Crippen molar-refractivity contribution in [3.63, 3.8) is 0 Å². The fourth-order valence-electron chi connectivity index (χ4n) is 16.0. The summed E-state index contributed by atoms with van der Waals surface area (Å²) in [5.74, 6) is -1.01. The van der Waals surface area contributed by atoms with Crippen LogP contribution in [0.3, 0.4) is 0 Å². The number of fused-ring (bicyclic) bond motifs is 5. The van der Waals surface area contributed by atoms with Crippen LogP contribution in [0.4, 0.5) is 0 Å². The number of rotatable bonds is 16. The second-order valence-electron chi connectivity index (χ2n) is 25.2. The third-order valence-electron chi connectivity index (χ3n) is 20.5. The third kappa shape index (κ3) is 10.5. The molecule has 8 aliphatic rings. The van der Waals surface area contributed by atoms with Gasteiger partial charge in [-0.3, -0.25) is 0 Å². The van der Waals surface area contributed by atoms with Crippen LogP contribution in [0.5, 0.6) is 0 Å². The first-order valence-electron chi connectivity index (χ1n) is 27.5. The van der Waals surface area contributed by atoms with Crippen molar-refractivity contribution in [2.24, 2.45) is 45.3 Å². The molecule has 4 saturated heterocycles. The van der Waals surface area contributed by atoms with E-state index in [1.165, 1.54) is 0 Å². The number of allylic oxidation sites excluding steroid dienone is 2. The summed E-state index contributed by atoms with van der Waals surface area (Å²) in [4.78, 5) is 0. The van der Waals surface area contributed by atoms with E-state index >= 15 is 0 Å². The third-order valence-corrected chi connectivity index (χ3v) is 20.5. The molecule has 8 rings (SSSR count). The minimum absolute atomic E-state index is 0.181. The van der Waals surface area contributed by atoms with E-state index in [0.29, 0.717) is 57.8 Å². The number of aliphatic hydroxyl groups excluding tert-OH is 15. The second kappa shape index (κ2) is 23.2. The predicted octanol–water partition coefficient (Wildman–Crippen LogP) is -2.59. The fraction of sp³-hybridized carbons (Fsp3) is 0.962. The molecule has 4 aliphatic carbocycles. The molecule has 0 aromatic rings. The molecular formula is C53H90O23. The van der Waals surface area contributed by atoms with Crippen LogP contribution in [0.25, 0.3) is 0 Å². The van der Waals surface area contributed by atoms with Crippen LogP contribution in [0.1, 0.15) is 106 Å².